The Bertz CT molecular complexity index is 280. The summed E-state index contributed by atoms with van der Waals surface area (Å²) in [6, 6.07) is 9.93. The molecule has 0 aliphatic carbocycles. The zero-order valence-corrected chi connectivity index (χ0v) is 11.1. The van der Waals surface area contributed by atoms with Crippen LogP contribution in [0, 0.1) is 0 Å². The van der Waals surface area contributed by atoms with Crippen LogP contribution >= 0.6 is 0 Å². The van der Waals surface area contributed by atoms with Crippen LogP contribution in [0.25, 0.3) is 0 Å². The predicted octanol–water partition coefficient (Wildman–Crippen LogP) is 3.23. The van der Waals surface area contributed by atoms with Gasteiger partial charge in [-0.2, -0.15) is 0 Å². The second-order valence-electron chi connectivity index (χ2n) is 4.56. The Morgan fingerprint density at radius 2 is 1.59 bits per heavy atom. The van der Waals surface area contributed by atoms with Crippen LogP contribution < -0.4 is 0 Å². The quantitative estimate of drug-likeness (QED) is 0.748. The fraction of sp³-hybridized carbons (Fsp3) is 0.600. The summed E-state index contributed by atoms with van der Waals surface area (Å²) in [4.78, 5) is 2.44. The number of aliphatic hydroxyl groups is 1. The number of aliphatic hydroxyl groups excluding tert-OH is 1. The van der Waals surface area contributed by atoms with E-state index in [0.717, 1.165) is 31.6 Å². The lowest BCUT2D eigenvalue weighted by Gasteiger charge is -2.22. The summed E-state index contributed by atoms with van der Waals surface area (Å²) < 4.78 is 0. The van der Waals surface area contributed by atoms with Crippen LogP contribution in [-0.4, -0.2) is 29.6 Å². The summed E-state index contributed by atoms with van der Waals surface area (Å²) in [7, 11) is 0. The second-order valence-corrected chi connectivity index (χ2v) is 4.56. The van der Waals surface area contributed by atoms with Gasteiger partial charge in [0.05, 0.1) is 6.10 Å². The molecule has 2 heteroatoms. The Hall–Kier alpha value is -0.860. The maximum atomic E-state index is 10.1. The molecule has 1 N–H and O–H groups in total. The van der Waals surface area contributed by atoms with Crippen molar-refractivity contribution in [1.29, 1.82) is 0 Å². The van der Waals surface area contributed by atoms with Crippen molar-refractivity contribution in [3.63, 3.8) is 0 Å². The Morgan fingerprint density at radius 3 is 2.12 bits per heavy atom. The molecule has 0 fully saturated rings. The fourth-order valence-electron chi connectivity index (χ4n) is 2.11. The van der Waals surface area contributed by atoms with Crippen molar-refractivity contribution in [2.24, 2.45) is 0 Å². The molecule has 1 atom stereocenters. The van der Waals surface area contributed by atoms with E-state index in [1.165, 1.54) is 12.8 Å². The maximum absolute atomic E-state index is 10.1. The molecule has 1 unspecified atom stereocenters. The highest BCUT2D eigenvalue weighted by molar-refractivity contribution is 5.17. The van der Waals surface area contributed by atoms with E-state index in [2.05, 4.69) is 18.7 Å². The molecule has 0 aliphatic heterocycles. The number of hydrogen-bond donors (Lipinski definition) is 1. The number of hydrogen-bond acceptors (Lipinski definition) is 2. The predicted molar refractivity (Wildman–Crippen MR) is 73.0 cm³/mol. The smallest absolute Gasteiger partial charge is 0.0802 e. The fourth-order valence-corrected chi connectivity index (χ4v) is 2.11. The van der Waals surface area contributed by atoms with E-state index in [1.54, 1.807) is 0 Å². The molecule has 0 aliphatic rings. The van der Waals surface area contributed by atoms with Gasteiger partial charge in [0.1, 0.15) is 0 Å². The second kappa shape index (κ2) is 8.26. The van der Waals surface area contributed by atoms with Gasteiger partial charge >= 0.3 is 0 Å². The van der Waals surface area contributed by atoms with Crippen molar-refractivity contribution in [3.05, 3.63) is 35.9 Å². The van der Waals surface area contributed by atoms with Gasteiger partial charge < -0.3 is 10.0 Å². The van der Waals surface area contributed by atoms with Crippen LogP contribution in [0.3, 0.4) is 0 Å². The lowest BCUT2D eigenvalue weighted by molar-refractivity contribution is 0.141. The summed E-state index contributed by atoms with van der Waals surface area (Å²) in [5, 5.41) is 10.1. The van der Waals surface area contributed by atoms with Crippen molar-refractivity contribution < 1.29 is 5.11 Å². The molecule has 96 valence electrons. The number of rotatable bonds is 8. The average Bonchev–Trinajstić information content (AvgIpc) is 2.37. The molecule has 0 saturated heterocycles. The first-order valence-corrected chi connectivity index (χ1v) is 6.73. The molecule has 17 heavy (non-hydrogen) atoms. The van der Waals surface area contributed by atoms with Crippen molar-refractivity contribution in [2.45, 2.75) is 39.2 Å². The zero-order valence-electron chi connectivity index (χ0n) is 11.1. The van der Waals surface area contributed by atoms with Gasteiger partial charge in [0.15, 0.2) is 0 Å². The van der Waals surface area contributed by atoms with Gasteiger partial charge in [-0.25, -0.2) is 0 Å². The summed E-state index contributed by atoms with van der Waals surface area (Å²) in [6.07, 6.45) is 2.86. The van der Waals surface area contributed by atoms with Gasteiger partial charge in [-0.1, -0.05) is 44.2 Å². The standard InChI is InChI=1S/C15H25NO/c1-3-11-16(12-4-2)13-10-15(17)14-8-6-5-7-9-14/h5-9,15,17H,3-4,10-13H2,1-2H3. The monoisotopic (exact) mass is 235 g/mol. The molecule has 1 aromatic rings. The highest BCUT2D eigenvalue weighted by atomic mass is 16.3. The molecule has 0 aromatic heterocycles. The third kappa shape index (κ3) is 5.33. The van der Waals surface area contributed by atoms with Crippen molar-refractivity contribution in [1.82, 2.24) is 4.90 Å². The molecule has 0 amide bonds. The number of benzene rings is 1. The molecular weight excluding hydrogens is 210 g/mol. The third-order valence-electron chi connectivity index (χ3n) is 2.98. The first-order chi connectivity index (χ1) is 8.27. The minimum Gasteiger partial charge on any atom is -0.388 e. The first kappa shape index (κ1) is 14.2. The van der Waals surface area contributed by atoms with Gasteiger partial charge in [0.25, 0.3) is 0 Å². The van der Waals surface area contributed by atoms with E-state index in [9.17, 15) is 5.11 Å². The average molecular weight is 235 g/mol. The van der Waals surface area contributed by atoms with Crippen molar-refractivity contribution in [2.75, 3.05) is 19.6 Å². The minimum atomic E-state index is -0.326. The normalized spacial score (nSPS) is 12.9. The molecule has 1 rings (SSSR count). The Balaban J connectivity index is 2.38. The van der Waals surface area contributed by atoms with Gasteiger partial charge in [-0.3, -0.25) is 0 Å². The van der Waals surface area contributed by atoms with Crippen LogP contribution in [0.5, 0.6) is 0 Å². The van der Waals surface area contributed by atoms with E-state index < -0.39 is 0 Å². The molecule has 0 heterocycles. The third-order valence-corrected chi connectivity index (χ3v) is 2.98. The topological polar surface area (TPSA) is 23.5 Å². The van der Waals surface area contributed by atoms with Crippen molar-refractivity contribution in [3.8, 4) is 0 Å². The van der Waals surface area contributed by atoms with Crippen LogP contribution in [-0.2, 0) is 0 Å². The Labute approximate surface area is 105 Å². The van der Waals surface area contributed by atoms with E-state index in [0.29, 0.717) is 0 Å². The van der Waals surface area contributed by atoms with E-state index >= 15 is 0 Å². The van der Waals surface area contributed by atoms with Crippen LogP contribution in [0.2, 0.25) is 0 Å². The van der Waals surface area contributed by atoms with Crippen LogP contribution in [0.1, 0.15) is 44.8 Å². The Morgan fingerprint density at radius 1 is 1.00 bits per heavy atom. The highest BCUT2D eigenvalue weighted by Crippen LogP contribution is 2.16. The molecule has 0 bridgehead atoms. The lowest BCUT2D eigenvalue weighted by atomic mass is 10.1. The van der Waals surface area contributed by atoms with Gasteiger partial charge in [-0.05, 0) is 37.9 Å². The largest absolute Gasteiger partial charge is 0.388 e. The van der Waals surface area contributed by atoms with Gasteiger partial charge in [0, 0.05) is 6.54 Å². The Kier molecular flexibility index (Phi) is 6.90. The van der Waals surface area contributed by atoms with Crippen molar-refractivity contribution >= 4 is 0 Å². The van der Waals surface area contributed by atoms with E-state index in [-0.39, 0.29) is 6.10 Å². The van der Waals surface area contributed by atoms with E-state index in [1.807, 2.05) is 30.3 Å². The SMILES string of the molecule is CCCN(CCC)CCC(O)c1ccccc1. The van der Waals surface area contributed by atoms with Crippen LogP contribution in [0.15, 0.2) is 30.3 Å². The molecular formula is C15H25NO. The first-order valence-electron chi connectivity index (χ1n) is 6.73. The maximum Gasteiger partial charge on any atom is 0.0802 e. The van der Waals surface area contributed by atoms with Crippen LogP contribution in [0.4, 0.5) is 0 Å². The molecule has 0 radical (unpaired) electrons. The molecule has 2 nitrogen and oxygen atoms in total. The molecule has 0 spiro atoms. The molecule has 1 aromatic carbocycles. The van der Waals surface area contributed by atoms with Gasteiger partial charge in [0.2, 0.25) is 0 Å². The highest BCUT2D eigenvalue weighted by Gasteiger charge is 2.09. The summed E-state index contributed by atoms with van der Waals surface area (Å²) >= 11 is 0. The summed E-state index contributed by atoms with van der Waals surface area (Å²) in [6.45, 7) is 7.66. The number of nitrogens with zero attached hydrogens (tertiary/aromatic N) is 1. The van der Waals surface area contributed by atoms with E-state index in [4.69, 9.17) is 0 Å². The van der Waals surface area contributed by atoms with Gasteiger partial charge in [-0.15, -0.1) is 0 Å². The molecule has 0 saturated carbocycles. The zero-order chi connectivity index (χ0) is 12.5. The summed E-state index contributed by atoms with van der Waals surface area (Å²) in [5.74, 6) is 0. The summed E-state index contributed by atoms with van der Waals surface area (Å²) in [5.41, 5.74) is 1.03. The minimum absolute atomic E-state index is 0.326. The lowest BCUT2D eigenvalue weighted by Crippen LogP contribution is -2.27.